The maximum Gasteiger partial charge on any atom is 0.123 e. The Morgan fingerprint density at radius 3 is 2.33 bits per heavy atom. The van der Waals surface area contributed by atoms with Crippen molar-refractivity contribution in [3.63, 3.8) is 0 Å². The van der Waals surface area contributed by atoms with Crippen LogP contribution in [-0.4, -0.2) is 14.5 Å². The molecule has 0 aliphatic rings. The topological polar surface area (TPSA) is 56.7 Å². The molecule has 0 saturated heterocycles. The number of hydrogen-bond donors (Lipinski definition) is 1. The van der Waals surface area contributed by atoms with E-state index in [-0.39, 0.29) is 12.0 Å². The second-order valence-electron chi connectivity index (χ2n) is 7.39. The first kappa shape index (κ1) is 20.0. The Kier molecular flexibility index (Phi) is 6.30. The molecule has 0 radical (unpaired) electrons. The van der Waals surface area contributed by atoms with Gasteiger partial charge in [0.05, 0.1) is 23.9 Å². The van der Waals surface area contributed by atoms with Gasteiger partial charge in [-0.3, -0.25) is 4.98 Å². The molecule has 2 aromatic heterocycles. The molecule has 0 saturated carbocycles. The molecule has 5 heteroatoms. The van der Waals surface area contributed by atoms with E-state index in [1.54, 1.807) is 30.9 Å². The second-order valence-corrected chi connectivity index (χ2v) is 7.39. The average Bonchev–Trinajstić information content (AvgIpc) is 3.24. The predicted molar refractivity (Wildman–Crippen MR) is 118 cm³/mol. The number of nitrogens with two attached hydrogens (primary N) is 1. The molecule has 0 bridgehead atoms. The van der Waals surface area contributed by atoms with Crippen LogP contribution in [0.25, 0.3) is 22.5 Å². The fourth-order valence-electron chi connectivity index (χ4n) is 3.69. The molecule has 0 spiro atoms. The maximum atomic E-state index is 13.4. The Hall–Kier alpha value is -3.31. The first-order valence-electron chi connectivity index (χ1n) is 10.2. The fourth-order valence-corrected chi connectivity index (χ4v) is 3.69. The molecule has 0 fully saturated rings. The predicted octanol–water partition coefficient (Wildman–Crippen LogP) is 5.62. The third-order valence-electron chi connectivity index (χ3n) is 5.28. The van der Waals surface area contributed by atoms with Crippen LogP contribution in [0.2, 0.25) is 0 Å². The maximum absolute atomic E-state index is 13.4. The summed E-state index contributed by atoms with van der Waals surface area (Å²) in [7, 11) is 0. The molecule has 4 aromatic rings. The second kappa shape index (κ2) is 9.46. The van der Waals surface area contributed by atoms with E-state index in [9.17, 15) is 4.39 Å². The van der Waals surface area contributed by atoms with E-state index in [4.69, 9.17) is 5.73 Å². The zero-order chi connectivity index (χ0) is 20.8. The van der Waals surface area contributed by atoms with Gasteiger partial charge in [0.2, 0.25) is 0 Å². The lowest BCUT2D eigenvalue weighted by Gasteiger charge is -2.18. The third kappa shape index (κ3) is 4.63. The Labute approximate surface area is 176 Å². The van der Waals surface area contributed by atoms with Crippen LogP contribution in [0.1, 0.15) is 31.0 Å². The molecule has 2 heterocycles. The highest BCUT2D eigenvalue weighted by Gasteiger charge is 2.18. The van der Waals surface area contributed by atoms with E-state index in [0.29, 0.717) is 0 Å². The number of nitrogens with zero attached hydrogens (tertiary/aromatic N) is 3. The molecular formula is C25H25FN4. The van der Waals surface area contributed by atoms with Gasteiger partial charge in [0.1, 0.15) is 5.82 Å². The Morgan fingerprint density at radius 2 is 1.60 bits per heavy atom. The molecule has 1 atom stereocenters. The number of aromatic nitrogens is 3. The number of aryl methyl sites for hydroxylation is 1. The molecular weight excluding hydrogens is 375 g/mol. The van der Waals surface area contributed by atoms with Gasteiger partial charge in [0.25, 0.3) is 0 Å². The zero-order valence-corrected chi connectivity index (χ0v) is 16.8. The molecule has 152 valence electrons. The van der Waals surface area contributed by atoms with Crippen LogP contribution in [0.3, 0.4) is 0 Å². The van der Waals surface area contributed by atoms with E-state index in [1.807, 2.05) is 22.8 Å². The quantitative estimate of drug-likeness (QED) is 0.391. The summed E-state index contributed by atoms with van der Waals surface area (Å²) in [6.45, 7) is 0. The minimum Gasteiger partial charge on any atom is -0.314 e. The highest BCUT2D eigenvalue weighted by Crippen LogP contribution is 2.33. The number of hydrogen-bond acceptors (Lipinski definition) is 3. The van der Waals surface area contributed by atoms with Gasteiger partial charge in [-0.2, -0.15) is 0 Å². The Bertz CT molecular complexity index is 1060. The smallest absolute Gasteiger partial charge is 0.123 e. The highest BCUT2D eigenvalue weighted by atomic mass is 19.1. The summed E-state index contributed by atoms with van der Waals surface area (Å²) < 4.78 is 15.4. The van der Waals surface area contributed by atoms with Crippen molar-refractivity contribution < 1.29 is 4.39 Å². The number of halogens is 1. The van der Waals surface area contributed by atoms with Crippen LogP contribution in [0, 0.1) is 5.82 Å². The standard InChI is InChI=1S/C25H25FN4/c26-22-12-10-20(11-13-22)24-25(21-14-16-28-17-15-21)30(18-29-24)23(27)9-5-4-8-19-6-2-1-3-7-19/h1-3,6-7,10-18,23H,4-5,8-9,27H2. The van der Waals surface area contributed by atoms with E-state index in [1.165, 1.54) is 17.7 Å². The van der Waals surface area contributed by atoms with Crippen molar-refractivity contribution >= 4 is 0 Å². The van der Waals surface area contributed by atoms with Crippen LogP contribution < -0.4 is 5.73 Å². The van der Waals surface area contributed by atoms with Gasteiger partial charge in [-0.15, -0.1) is 0 Å². The van der Waals surface area contributed by atoms with Gasteiger partial charge >= 0.3 is 0 Å². The molecule has 4 rings (SSSR count). The number of benzene rings is 2. The summed E-state index contributed by atoms with van der Waals surface area (Å²) in [5.41, 5.74) is 11.5. The first-order valence-corrected chi connectivity index (χ1v) is 10.2. The zero-order valence-electron chi connectivity index (χ0n) is 16.8. The summed E-state index contributed by atoms with van der Waals surface area (Å²) in [4.78, 5) is 8.75. The molecule has 4 nitrogen and oxygen atoms in total. The first-order chi connectivity index (χ1) is 14.7. The van der Waals surface area contributed by atoms with Crippen LogP contribution in [0.15, 0.2) is 85.5 Å². The van der Waals surface area contributed by atoms with Crippen molar-refractivity contribution in [2.75, 3.05) is 0 Å². The SMILES string of the molecule is NC(CCCCc1ccccc1)n1cnc(-c2ccc(F)cc2)c1-c1ccncc1. The van der Waals surface area contributed by atoms with Crippen molar-refractivity contribution in [2.45, 2.75) is 31.8 Å². The van der Waals surface area contributed by atoms with Gasteiger partial charge in [-0.05, 0) is 67.6 Å². The monoisotopic (exact) mass is 400 g/mol. The average molecular weight is 401 g/mol. The molecule has 0 amide bonds. The van der Waals surface area contributed by atoms with E-state index in [0.717, 1.165) is 48.2 Å². The van der Waals surface area contributed by atoms with Crippen LogP contribution in [0.5, 0.6) is 0 Å². The van der Waals surface area contributed by atoms with Gasteiger partial charge in [0.15, 0.2) is 0 Å². The van der Waals surface area contributed by atoms with Gasteiger partial charge < -0.3 is 10.3 Å². The van der Waals surface area contributed by atoms with Crippen molar-refractivity contribution in [1.82, 2.24) is 14.5 Å². The van der Waals surface area contributed by atoms with Gasteiger partial charge in [-0.1, -0.05) is 30.3 Å². The largest absolute Gasteiger partial charge is 0.314 e. The number of rotatable bonds is 8. The molecule has 2 N–H and O–H groups in total. The van der Waals surface area contributed by atoms with Crippen LogP contribution in [0.4, 0.5) is 4.39 Å². The summed E-state index contributed by atoms with van der Waals surface area (Å²) in [5.74, 6) is -0.265. The fraction of sp³-hybridized carbons (Fsp3) is 0.200. The van der Waals surface area contributed by atoms with Crippen molar-refractivity contribution in [1.29, 1.82) is 0 Å². The Morgan fingerprint density at radius 1 is 0.867 bits per heavy atom. The lowest BCUT2D eigenvalue weighted by molar-refractivity contribution is 0.462. The minimum absolute atomic E-state index is 0.189. The summed E-state index contributed by atoms with van der Waals surface area (Å²) in [6, 6.07) is 20.8. The number of unbranched alkanes of at least 4 members (excludes halogenated alkanes) is 1. The van der Waals surface area contributed by atoms with E-state index in [2.05, 4.69) is 34.2 Å². The highest BCUT2D eigenvalue weighted by molar-refractivity contribution is 5.78. The summed E-state index contributed by atoms with van der Waals surface area (Å²) in [5, 5.41) is 0. The van der Waals surface area contributed by atoms with Crippen LogP contribution >= 0.6 is 0 Å². The lowest BCUT2D eigenvalue weighted by Crippen LogP contribution is -2.19. The molecule has 0 aliphatic carbocycles. The van der Waals surface area contributed by atoms with Gasteiger partial charge in [0, 0.05) is 23.5 Å². The lowest BCUT2D eigenvalue weighted by atomic mass is 10.0. The van der Waals surface area contributed by atoms with Crippen molar-refractivity contribution in [2.24, 2.45) is 5.73 Å². The van der Waals surface area contributed by atoms with Crippen molar-refractivity contribution in [3.05, 3.63) is 96.8 Å². The minimum atomic E-state index is -0.265. The molecule has 0 aliphatic heterocycles. The molecule has 30 heavy (non-hydrogen) atoms. The summed E-state index contributed by atoms with van der Waals surface area (Å²) in [6.07, 6.45) is 9.12. The molecule has 2 aromatic carbocycles. The number of pyridine rings is 1. The Balaban J connectivity index is 1.54. The van der Waals surface area contributed by atoms with Gasteiger partial charge in [-0.25, -0.2) is 9.37 Å². The molecule has 1 unspecified atom stereocenters. The summed E-state index contributed by atoms with van der Waals surface area (Å²) >= 11 is 0. The normalized spacial score (nSPS) is 12.1. The van der Waals surface area contributed by atoms with E-state index < -0.39 is 0 Å². The van der Waals surface area contributed by atoms with Crippen molar-refractivity contribution in [3.8, 4) is 22.5 Å². The third-order valence-corrected chi connectivity index (χ3v) is 5.28. The van der Waals surface area contributed by atoms with E-state index >= 15 is 0 Å². The number of imidazole rings is 1. The van der Waals surface area contributed by atoms with Crippen LogP contribution in [-0.2, 0) is 6.42 Å².